The molecule has 1 aromatic heterocycles. The van der Waals surface area contributed by atoms with Crippen molar-refractivity contribution < 1.29 is 9.53 Å². The molecule has 0 saturated carbocycles. The molecular weight excluding hydrogens is 280 g/mol. The van der Waals surface area contributed by atoms with E-state index in [0.717, 1.165) is 17.4 Å². The van der Waals surface area contributed by atoms with Crippen LogP contribution in [0.1, 0.15) is 10.5 Å². The standard InChI is InChI=1S/C13H18N4O2.ClH/c1-19-9-8-14-6-7-15-13(18)12-10-4-2-3-5-11(10)16-17-12;/h2-5,14H,6-9H2,1H3,(H,15,18)(H,16,17);1H. The molecule has 110 valence electrons. The number of aromatic nitrogens is 2. The van der Waals surface area contributed by atoms with Gasteiger partial charge in [0.25, 0.3) is 5.91 Å². The lowest BCUT2D eigenvalue weighted by molar-refractivity contribution is 0.0950. The number of halogens is 1. The SMILES string of the molecule is COCCNCCNC(=O)c1n[nH]c2ccccc12.Cl. The monoisotopic (exact) mass is 298 g/mol. The van der Waals surface area contributed by atoms with Gasteiger partial charge in [-0.2, -0.15) is 5.10 Å². The quantitative estimate of drug-likeness (QED) is 0.665. The Morgan fingerprint density at radius 1 is 1.30 bits per heavy atom. The zero-order valence-electron chi connectivity index (χ0n) is 11.3. The highest BCUT2D eigenvalue weighted by molar-refractivity contribution is 6.04. The first kappa shape index (κ1) is 16.4. The van der Waals surface area contributed by atoms with Gasteiger partial charge in [0.2, 0.25) is 0 Å². The predicted molar refractivity (Wildman–Crippen MR) is 80.4 cm³/mol. The molecule has 0 saturated heterocycles. The number of amides is 1. The summed E-state index contributed by atoms with van der Waals surface area (Å²) in [5, 5.41) is 13.7. The van der Waals surface area contributed by atoms with Crippen molar-refractivity contribution in [2.75, 3.05) is 33.4 Å². The minimum absolute atomic E-state index is 0. The van der Waals surface area contributed by atoms with Gasteiger partial charge in [-0.05, 0) is 6.07 Å². The summed E-state index contributed by atoms with van der Waals surface area (Å²) >= 11 is 0. The Bertz CT molecular complexity index is 544. The average molecular weight is 299 g/mol. The molecular formula is C13H19ClN4O2. The van der Waals surface area contributed by atoms with Gasteiger partial charge in [0.15, 0.2) is 5.69 Å². The Kier molecular flexibility index (Phi) is 7.00. The Labute approximate surface area is 123 Å². The zero-order chi connectivity index (χ0) is 13.5. The number of carbonyl (C=O) groups excluding carboxylic acids is 1. The Balaban J connectivity index is 0.00000200. The molecule has 1 heterocycles. The Morgan fingerprint density at radius 2 is 2.10 bits per heavy atom. The van der Waals surface area contributed by atoms with E-state index in [1.807, 2.05) is 24.3 Å². The summed E-state index contributed by atoms with van der Waals surface area (Å²) in [6.07, 6.45) is 0. The number of para-hydroxylation sites is 1. The van der Waals surface area contributed by atoms with Gasteiger partial charge in [-0.25, -0.2) is 0 Å². The fourth-order valence-corrected chi connectivity index (χ4v) is 1.78. The van der Waals surface area contributed by atoms with Crippen LogP contribution in [0.5, 0.6) is 0 Å². The molecule has 0 bridgehead atoms. The van der Waals surface area contributed by atoms with Crippen molar-refractivity contribution in [1.29, 1.82) is 0 Å². The lowest BCUT2D eigenvalue weighted by Gasteiger charge is -2.05. The van der Waals surface area contributed by atoms with Gasteiger partial charge < -0.3 is 15.4 Å². The second kappa shape index (κ2) is 8.52. The zero-order valence-corrected chi connectivity index (χ0v) is 12.1. The highest BCUT2D eigenvalue weighted by atomic mass is 35.5. The van der Waals surface area contributed by atoms with Gasteiger partial charge in [0, 0.05) is 32.1 Å². The molecule has 2 rings (SSSR count). The third-order valence-corrected chi connectivity index (χ3v) is 2.76. The number of hydrogen-bond donors (Lipinski definition) is 3. The van der Waals surface area contributed by atoms with E-state index in [9.17, 15) is 4.79 Å². The van der Waals surface area contributed by atoms with Crippen LogP contribution in [0.15, 0.2) is 24.3 Å². The maximum atomic E-state index is 12.0. The van der Waals surface area contributed by atoms with E-state index in [0.29, 0.717) is 25.4 Å². The van der Waals surface area contributed by atoms with Crippen molar-refractivity contribution in [3.63, 3.8) is 0 Å². The van der Waals surface area contributed by atoms with Crippen molar-refractivity contribution in [3.8, 4) is 0 Å². The lowest BCUT2D eigenvalue weighted by Crippen LogP contribution is -2.33. The van der Waals surface area contributed by atoms with E-state index in [1.54, 1.807) is 7.11 Å². The van der Waals surface area contributed by atoms with Crippen LogP contribution < -0.4 is 10.6 Å². The molecule has 20 heavy (non-hydrogen) atoms. The van der Waals surface area contributed by atoms with Crippen LogP contribution in [0.4, 0.5) is 0 Å². The van der Waals surface area contributed by atoms with Crippen molar-refractivity contribution >= 4 is 29.2 Å². The Hall–Kier alpha value is -1.63. The van der Waals surface area contributed by atoms with E-state index in [-0.39, 0.29) is 18.3 Å². The average Bonchev–Trinajstić information content (AvgIpc) is 2.86. The molecule has 6 nitrogen and oxygen atoms in total. The molecule has 2 aromatic rings. The molecule has 1 amide bonds. The number of rotatable bonds is 7. The largest absolute Gasteiger partial charge is 0.383 e. The van der Waals surface area contributed by atoms with Crippen LogP contribution in [0.3, 0.4) is 0 Å². The second-order valence-corrected chi connectivity index (χ2v) is 4.12. The third-order valence-electron chi connectivity index (χ3n) is 2.76. The van der Waals surface area contributed by atoms with Gasteiger partial charge in [-0.15, -0.1) is 12.4 Å². The number of nitrogens with zero attached hydrogens (tertiary/aromatic N) is 1. The van der Waals surface area contributed by atoms with E-state index in [1.165, 1.54) is 0 Å². The van der Waals surface area contributed by atoms with Crippen molar-refractivity contribution in [2.24, 2.45) is 0 Å². The molecule has 0 radical (unpaired) electrons. The van der Waals surface area contributed by atoms with Gasteiger partial charge in [0.05, 0.1) is 12.1 Å². The van der Waals surface area contributed by atoms with Crippen LogP contribution in [0.25, 0.3) is 10.9 Å². The van der Waals surface area contributed by atoms with E-state index >= 15 is 0 Å². The summed E-state index contributed by atoms with van der Waals surface area (Å²) in [4.78, 5) is 12.0. The van der Waals surface area contributed by atoms with Gasteiger partial charge >= 0.3 is 0 Å². The number of benzene rings is 1. The summed E-state index contributed by atoms with van der Waals surface area (Å²) < 4.78 is 4.91. The number of hydrogen-bond acceptors (Lipinski definition) is 4. The summed E-state index contributed by atoms with van der Waals surface area (Å²) in [7, 11) is 1.66. The van der Waals surface area contributed by atoms with E-state index in [4.69, 9.17) is 4.74 Å². The molecule has 0 atom stereocenters. The molecule has 7 heteroatoms. The van der Waals surface area contributed by atoms with Gasteiger partial charge in [-0.3, -0.25) is 9.89 Å². The first-order valence-corrected chi connectivity index (χ1v) is 6.24. The minimum atomic E-state index is -0.161. The van der Waals surface area contributed by atoms with Crippen LogP contribution in [-0.2, 0) is 4.74 Å². The second-order valence-electron chi connectivity index (χ2n) is 4.12. The minimum Gasteiger partial charge on any atom is -0.383 e. The summed E-state index contributed by atoms with van der Waals surface area (Å²) in [5.74, 6) is -0.161. The summed E-state index contributed by atoms with van der Waals surface area (Å²) in [6, 6.07) is 7.57. The number of ether oxygens (including phenoxy) is 1. The van der Waals surface area contributed by atoms with Crippen LogP contribution in [-0.4, -0.2) is 49.5 Å². The molecule has 0 aliphatic rings. The third kappa shape index (κ3) is 4.19. The smallest absolute Gasteiger partial charge is 0.272 e. The van der Waals surface area contributed by atoms with Crippen LogP contribution >= 0.6 is 12.4 Å². The van der Waals surface area contributed by atoms with Crippen molar-refractivity contribution in [3.05, 3.63) is 30.0 Å². The van der Waals surface area contributed by atoms with Crippen LogP contribution in [0, 0.1) is 0 Å². The number of fused-ring (bicyclic) bond motifs is 1. The molecule has 3 N–H and O–H groups in total. The topological polar surface area (TPSA) is 79.0 Å². The normalized spacial score (nSPS) is 10.2. The number of carbonyl (C=O) groups is 1. The molecule has 0 spiro atoms. The first-order valence-electron chi connectivity index (χ1n) is 6.24. The summed E-state index contributed by atoms with van der Waals surface area (Å²) in [5.41, 5.74) is 1.30. The van der Waals surface area contributed by atoms with Crippen molar-refractivity contribution in [2.45, 2.75) is 0 Å². The van der Waals surface area contributed by atoms with Gasteiger partial charge in [-0.1, -0.05) is 18.2 Å². The summed E-state index contributed by atoms with van der Waals surface area (Å²) in [6.45, 7) is 2.71. The fraction of sp³-hybridized carbons (Fsp3) is 0.385. The number of nitrogens with one attached hydrogen (secondary N) is 3. The maximum absolute atomic E-state index is 12.0. The molecule has 1 aromatic carbocycles. The van der Waals surface area contributed by atoms with E-state index < -0.39 is 0 Å². The fourth-order valence-electron chi connectivity index (χ4n) is 1.78. The first-order chi connectivity index (χ1) is 9.33. The number of methoxy groups -OCH3 is 1. The van der Waals surface area contributed by atoms with Crippen molar-refractivity contribution in [1.82, 2.24) is 20.8 Å². The van der Waals surface area contributed by atoms with Gasteiger partial charge in [0.1, 0.15) is 0 Å². The predicted octanol–water partition coefficient (Wildman–Crippen LogP) is 0.951. The number of H-pyrrole nitrogens is 1. The van der Waals surface area contributed by atoms with Crippen LogP contribution in [0.2, 0.25) is 0 Å². The maximum Gasteiger partial charge on any atom is 0.272 e. The Morgan fingerprint density at radius 3 is 2.90 bits per heavy atom. The number of aromatic amines is 1. The highest BCUT2D eigenvalue weighted by Crippen LogP contribution is 2.14. The van der Waals surface area contributed by atoms with E-state index in [2.05, 4.69) is 20.8 Å². The molecule has 0 unspecified atom stereocenters. The highest BCUT2D eigenvalue weighted by Gasteiger charge is 2.12. The molecule has 0 aliphatic heterocycles. The lowest BCUT2D eigenvalue weighted by atomic mass is 10.2. The molecule has 0 fully saturated rings. The molecule has 0 aliphatic carbocycles.